The molecule has 2 N–H and O–H groups in total. The van der Waals surface area contributed by atoms with Gasteiger partial charge in [-0.15, -0.1) is 13.2 Å². The Bertz CT molecular complexity index is 2550. The largest absolute Gasteiger partial charge is 0.573 e. The minimum Gasteiger partial charge on any atom is -0.508 e. The number of carbonyl (C=O) groups excluding carboxylic acids is 4. The number of rotatable bonds is 9. The number of alkyl halides is 3. The minimum atomic E-state index is -5.16. The van der Waals surface area contributed by atoms with E-state index in [1.165, 1.54) is 14.1 Å². The van der Waals surface area contributed by atoms with Crippen LogP contribution in [0.5, 0.6) is 11.5 Å². The standard InChI is InChI=1S/C42H35F3N6O10/c1-21-9-11-23(12-10-21)46-49-38(54)30-20-28-26(35(41(30,40(49)56)22-7-5-4-6-8-22)29-19-25(13-16-33(29)52)61-42(43,44)45)14-15-27-34(28)39(55)48(37(27)53)24-17-31(50(57)58)36(47(2)3)32(18-24)51(59)60/h4-14,16-19,27-28,30,34-35,46,52H,15,20H2,1-3H3/t27-,28+,30-,34-,35+,41+/m0/s1. The van der Waals surface area contributed by atoms with Gasteiger partial charge in [0.25, 0.3) is 11.8 Å². The first-order valence-corrected chi connectivity index (χ1v) is 18.9. The van der Waals surface area contributed by atoms with Crippen LogP contribution in [-0.4, -0.2) is 64.0 Å². The Hall–Kier alpha value is -7.31. The Balaban J connectivity index is 1.33. The third kappa shape index (κ3) is 6.38. The van der Waals surface area contributed by atoms with Gasteiger partial charge in [0.1, 0.15) is 11.5 Å². The number of nitro benzene ring substituents is 2. The maximum absolute atomic E-state index is 15.3. The van der Waals surface area contributed by atoms with Crippen LogP contribution in [0.3, 0.4) is 0 Å². The quantitative estimate of drug-likeness (QED) is 0.0785. The van der Waals surface area contributed by atoms with Crippen LogP contribution in [0.4, 0.5) is 41.6 Å². The molecule has 8 rings (SSSR count). The highest BCUT2D eigenvalue weighted by Crippen LogP contribution is 2.65. The van der Waals surface area contributed by atoms with E-state index in [1.54, 1.807) is 60.7 Å². The van der Waals surface area contributed by atoms with E-state index in [9.17, 15) is 52.9 Å². The van der Waals surface area contributed by atoms with Gasteiger partial charge in [-0.3, -0.25) is 44.8 Å². The highest BCUT2D eigenvalue weighted by Gasteiger charge is 2.71. The highest BCUT2D eigenvalue weighted by molar-refractivity contribution is 6.23. The zero-order valence-corrected chi connectivity index (χ0v) is 32.5. The first kappa shape index (κ1) is 40.5. The van der Waals surface area contributed by atoms with Crippen molar-refractivity contribution >= 4 is 52.1 Å². The normalized spacial score (nSPS) is 24.5. The second kappa shape index (κ2) is 14.5. The molecule has 0 spiro atoms. The molecule has 3 fully saturated rings. The maximum Gasteiger partial charge on any atom is 0.573 e. The molecule has 16 nitrogen and oxygen atoms in total. The van der Waals surface area contributed by atoms with Crippen LogP contribution in [0.2, 0.25) is 0 Å². The SMILES string of the molecule is Cc1ccc(NN2C(=O)[C@@H]3C[C@@H]4C(=CC[C@@H]5C(=O)N(c6cc([N+](=O)[O-])c(N(C)C)c([N+](=O)[O-])c6)C(=O)[C@@H]54)[C@H](c4cc(OC(F)(F)F)ccc4O)[C@]3(c3ccccc3)C2=O)cc1. The molecule has 4 aliphatic rings. The number of anilines is 3. The number of nitrogens with one attached hydrogen (secondary N) is 1. The van der Waals surface area contributed by atoms with Crippen molar-refractivity contribution in [2.45, 2.75) is 37.5 Å². The van der Waals surface area contributed by atoms with Crippen molar-refractivity contribution in [1.82, 2.24) is 5.01 Å². The van der Waals surface area contributed by atoms with Gasteiger partial charge >= 0.3 is 17.7 Å². The number of benzene rings is 4. The van der Waals surface area contributed by atoms with E-state index >= 15 is 4.79 Å². The van der Waals surface area contributed by atoms with Crippen LogP contribution in [0.15, 0.2) is 96.6 Å². The number of hydrogen-bond donors (Lipinski definition) is 2. The molecule has 0 radical (unpaired) electrons. The summed E-state index contributed by atoms with van der Waals surface area (Å²) in [6.07, 6.45) is -4.02. The van der Waals surface area contributed by atoms with E-state index in [2.05, 4.69) is 10.2 Å². The Morgan fingerprint density at radius 1 is 0.869 bits per heavy atom. The molecule has 2 aliphatic carbocycles. The van der Waals surface area contributed by atoms with Crippen molar-refractivity contribution in [3.8, 4) is 11.5 Å². The number of allylic oxidation sites excluding steroid dienone is 2. The van der Waals surface area contributed by atoms with E-state index in [-0.39, 0.29) is 35.2 Å². The molecule has 2 aliphatic heterocycles. The second-order valence-corrected chi connectivity index (χ2v) is 15.6. The van der Waals surface area contributed by atoms with Crippen molar-refractivity contribution in [2.75, 3.05) is 29.3 Å². The average molecular weight is 841 g/mol. The molecule has 4 aromatic carbocycles. The van der Waals surface area contributed by atoms with Crippen molar-refractivity contribution in [3.63, 3.8) is 0 Å². The van der Waals surface area contributed by atoms with Crippen LogP contribution in [0.1, 0.15) is 35.4 Å². The number of aromatic hydroxyl groups is 1. The van der Waals surface area contributed by atoms with E-state index in [1.807, 2.05) is 6.92 Å². The van der Waals surface area contributed by atoms with E-state index in [0.717, 1.165) is 45.8 Å². The first-order chi connectivity index (χ1) is 28.8. The molecule has 1 saturated carbocycles. The Kier molecular flexibility index (Phi) is 9.59. The molecule has 19 heteroatoms. The summed E-state index contributed by atoms with van der Waals surface area (Å²) >= 11 is 0. The number of carbonyl (C=O) groups is 4. The van der Waals surface area contributed by atoms with Crippen molar-refractivity contribution in [1.29, 1.82) is 0 Å². The van der Waals surface area contributed by atoms with Gasteiger partial charge in [-0.25, -0.2) is 4.90 Å². The molecular weight excluding hydrogens is 805 g/mol. The predicted molar refractivity (Wildman–Crippen MR) is 210 cm³/mol. The number of halogens is 3. The second-order valence-electron chi connectivity index (χ2n) is 15.6. The van der Waals surface area contributed by atoms with Gasteiger partial charge in [-0.1, -0.05) is 59.7 Å². The minimum absolute atomic E-state index is 0.184. The molecule has 2 saturated heterocycles. The number of phenolic OH excluding ortho intramolecular Hbond substituents is 1. The molecule has 4 amide bonds. The number of ether oxygens (including phenoxy) is 1. The topological polar surface area (TPSA) is 206 Å². The van der Waals surface area contributed by atoms with E-state index in [4.69, 9.17) is 0 Å². The van der Waals surface area contributed by atoms with Gasteiger partial charge in [-0.05, 0) is 61.6 Å². The third-order valence-corrected chi connectivity index (χ3v) is 12.1. The summed E-state index contributed by atoms with van der Waals surface area (Å²) in [5, 5.41) is 36.9. The molecule has 61 heavy (non-hydrogen) atoms. The molecule has 0 aromatic heterocycles. The van der Waals surface area contributed by atoms with Gasteiger partial charge < -0.3 is 14.7 Å². The van der Waals surface area contributed by atoms with Crippen molar-refractivity contribution < 1.29 is 52.0 Å². The van der Waals surface area contributed by atoms with Gasteiger partial charge in [0, 0.05) is 37.7 Å². The number of fused-ring (bicyclic) bond motifs is 4. The fourth-order valence-electron chi connectivity index (χ4n) is 9.76. The number of imide groups is 2. The van der Waals surface area contributed by atoms with Gasteiger partial charge in [0.15, 0.2) is 5.69 Å². The predicted octanol–water partition coefficient (Wildman–Crippen LogP) is 6.67. The number of phenols is 1. The number of hydrogen-bond acceptors (Lipinski definition) is 12. The summed E-state index contributed by atoms with van der Waals surface area (Å²) < 4.78 is 45.3. The zero-order valence-electron chi connectivity index (χ0n) is 32.5. The lowest BCUT2D eigenvalue weighted by molar-refractivity contribution is -0.392. The molecule has 314 valence electrons. The van der Waals surface area contributed by atoms with Crippen LogP contribution in [-0.2, 0) is 24.6 Å². The molecule has 2 heterocycles. The fourth-order valence-corrected chi connectivity index (χ4v) is 9.76. The lowest BCUT2D eigenvalue weighted by Gasteiger charge is -2.50. The van der Waals surface area contributed by atoms with E-state index in [0.29, 0.717) is 10.6 Å². The summed E-state index contributed by atoms with van der Waals surface area (Å²) in [5.74, 6) is -11.0. The van der Waals surface area contributed by atoms with Gasteiger partial charge in [-0.2, -0.15) is 5.01 Å². The van der Waals surface area contributed by atoms with Crippen LogP contribution >= 0.6 is 0 Å². The van der Waals surface area contributed by atoms with Crippen molar-refractivity contribution in [2.24, 2.45) is 23.7 Å². The molecule has 0 bridgehead atoms. The summed E-state index contributed by atoms with van der Waals surface area (Å²) in [4.78, 5) is 83.9. The third-order valence-electron chi connectivity index (χ3n) is 12.1. The summed E-state index contributed by atoms with van der Waals surface area (Å²) in [7, 11) is 2.71. The summed E-state index contributed by atoms with van der Waals surface area (Å²) in [6.45, 7) is 1.84. The smallest absolute Gasteiger partial charge is 0.508 e. The van der Waals surface area contributed by atoms with Crippen molar-refractivity contribution in [3.05, 3.63) is 133 Å². The number of nitro groups is 2. The lowest BCUT2D eigenvalue weighted by Crippen LogP contribution is -2.53. The van der Waals surface area contributed by atoms with Crippen LogP contribution < -0.4 is 20.0 Å². The number of amides is 4. The van der Waals surface area contributed by atoms with Gasteiger partial charge in [0.05, 0.1) is 44.4 Å². The summed E-state index contributed by atoms with van der Waals surface area (Å²) in [5.41, 5.74) is 0.156. The molecule has 0 unspecified atom stereocenters. The van der Waals surface area contributed by atoms with Crippen LogP contribution in [0, 0.1) is 50.8 Å². The Morgan fingerprint density at radius 3 is 2.10 bits per heavy atom. The monoisotopic (exact) mass is 840 g/mol. The first-order valence-electron chi connectivity index (χ1n) is 18.9. The lowest BCUT2D eigenvalue weighted by atomic mass is 9.49. The Labute approximate surface area is 344 Å². The van der Waals surface area contributed by atoms with Crippen LogP contribution in [0.25, 0.3) is 0 Å². The fraction of sp³-hybridized carbons (Fsp3) is 0.286. The maximum atomic E-state index is 15.3. The zero-order chi connectivity index (χ0) is 43.9. The highest BCUT2D eigenvalue weighted by atomic mass is 19.4. The Morgan fingerprint density at radius 2 is 1.51 bits per heavy atom. The number of hydrazine groups is 1. The molecule has 6 atom stereocenters. The van der Waals surface area contributed by atoms with Gasteiger partial charge in [0.2, 0.25) is 11.8 Å². The summed E-state index contributed by atoms with van der Waals surface area (Å²) in [6, 6.07) is 19.4. The number of nitrogens with zero attached hydrogens (tertiary/aromatic N) is 5. The average Bonchev–Trinajstić information content (AvgIpc) is 3.59. The number of aryl methyl sites for hydroxylation is 1. The molecule has 4 aromatic rings. The van der Waals surface area contributed by atoms with E-state index < -0.39 is 103 Å². The molecular formula is C42H35F3N6O10.